The van der Waals surface area contributed by atoms with Gasteiger partial charge in [-0.15, -0.1) is 0 Å². The van der Waals surface area contributed by atoms with Crippen LogP contribution >= 0.6 is 0 Å². The smallest absolute Gasteiger partial charge is 0.270 e. The van der Waals surface area contributed by atoms with Crippen molar-refractivity contribution >= 4 is 16.8 Å². The molecule has 5 heteroatoms. The lowest BCUT2D eigenvalue weighted by atomic mass is 9.94. The first-order chi connectivity index (χ1) is 13.2. The molecule has 1 N–H and O–H groups in total. The number of aliphatic hydroxyl groups is 1. The Bertz CT molecular complexity index is 987. The van der Waals surface area contributed by atoms with Crippen molar-refractivity contribution in [3.8, 4) is 0 Å². The highest BCUT2D eigenvalue weighted by atomic mass is 16.3. The maximum Gasteiger partial charge on any atom is 0.270 e. The van der Waals surface area contributed by atoms with Gasteiger partial charge in [0, 0.05) is 42.8 Å². The van der Waals surface area contributed by atoms with E-state index in [9.17, 15) is 9.90 Å². The minimum absolute atomic E-state index is 0.0352. The van der Waals surface area contributed by atoms with Gasteiger partial charge in [0.05, 0.1) is 11.6 Å². The Morgan fingerprint density at radius 3 is 2.81 bits per heavy atom. The zero-order chi connectivity index (χ0) is 18.4. The molecule has 2 aromatic heterocycles. The number of rotatable bonds is 4. The number of hydrogen-bond acceptors (Lipinski definition) is 3. The highest BCUT2D eigenvalue weighted by molar-refractivity contribution is 5.93. The van der Waals surface area contributed by atoms with Crippen molar-refractivity contribution in [2.45, 2.75) is 31.4 Å². The van der Waals surface area contributed by atoms with Crippen LogP contribution in [0, 0.1) is 5.92 Å². The number of nitrogens with zero attached hydrogens (tertiary/aromatic N) is 3. The summed E-state index contributed by atoms with van der Waals surface area (Å²) >= 11 is 0. The van der Waals surface area contributed by atoms with Crippen LogP contribution in [0.5, 0.6) is 0 Å². The Kier molecular flexibility index (Phi) is 3.97. The molecule has 0 bridgehead atoms. The molecule has 3 heterocycles. The number of fused-ring (bicyclic) bond motifs is 1. The number of hydrogen-bond donors (Lipinski definition) is 1. The number of carbonyl (C=O) groups excluding carboxylic acids is 1. The molecule has 3 aromatic rings. The van der Waals surface area contributed by atoms with Crippen molar-refractivity contribution in [3.63, 3.8) is 0 Å². The second-order valence-corrected chi connectivity index (χ2v) is 7.76. The van der Waals surface area contributed by atoms with Crippen molar-refractivity contribution in [1.82, 2.24) is 14.5 Å². The van der Waals surface area contributed by atoms with Crippen molar-refractivity contribution < 1.29 is 9.90 Å². The van der Waals surface area contributed by atoms with Gasteiger partial charge in [0.1, 0.15) is 5.69 Å². The number of benzene rings is 1. The fourth-order valence-corrected chi connectivity index (χ4v) is 4.24. The minimum atomic E-state index is -0.495. The minimum Gasteiger partial charge on any atom is -0.391 e. The summed E-state index contributed by atoms with van der Waals surface area (Å²) in [6.07, 6.45) is 6.37. The van der Waals surface area contributed by atoms with E-state index in [1.807, 2.05) is 53.7 Å². The van der Waals surface area contributed by atoms with Crippen molar-refractivity contribution in [1.29, 1.82) is 0 Å². The van der Waals surface area contributed by atoms with Crippen LogP contribution in [0.25, 0.3) is 10.9 Å². The fraction of sp³-hybridized carbons (Fsp3) is 0.364. The summed E-state index contributed by atoms with van der Waals surface area (Å²) in [5.74, 6) is 0.0807. The van der Waals surface area contributed by atoms with E-state index in [0.717, 1.165) is 35.9 Å². The second-order valence-electron chi connectivity index (χ2n) is 7.76. The third-order valence-electron chi connectivity index (χ3n) is 5.85. The third kappa shape index (κ3) is 3.02. The van der Waals surface area contributed by atoms with E-state index in [-0.39, 0.29) is 11.8 Å². The van der Waals surface area contributed by atoms with Gasteiger partial charge in [0.2, 0.25) is 0 Å². The van der Waals surface area contributed by atoms with Gasteiger partial charge in [-0.3, -0.25) is 9.78 Å². The van der Waals surface area contributed by atoms with Crippen LogP contribution in [0.3, 0.4) is 0 Å². The lowest BCUT2D eigenvalue weighted by molar-refractivity contribution is 0.0754. The molecule has 0 radical (unpaired) electrons. The van der Waals surface area contributed by atoms with Crippen LogP contribution in [0.2, 0.25) is 0 Å². The standard InChI is InChI=1S/C22H23N3O2/c26-21-14-24(22(27)20-6-3-11-25(20)17-7-8-17)13-16(21)12-15-9-10-23-19-5-2-1-4-18(15)19/h1-6,9-11,16-17,21,26H,7-8,12-14H2/t16-,21+/m1/s1. The highest BCUT2D eigenvalue weighted by Gasteiger charge is 2.36. The SMILES string of the molecule is O=C(c1cccn1C1CC1)N1C[C@@H](Cc2ccnc3ccccc23)[C@@H](O)C1. The molecule has 5 nitrogen and oxygen atoms in total. The number of pyridine rings is 1. The zero-order valence-corrected chi connectivity index (χ0v) is 15.2. The van der Waals surface area contributed by atoms with Gasteiger partial charge in [-0.25, -0.2) is 0 Å². The predicted molar refractivity (Wildman–Crippen MR) is 104 cm³/mol. The van der Waals surface area contributed by atoms with Crippen LogP contribution in [-0.2, 0) is 6.42 Å². The number of para-hydroxylation sites is 1. The van der Waals surface area contributed by atoms with E-state index in [1.165, 1.54) is 5.56 Å². The van der Waals surface area contributed by atoms with Crippen molar-refractivity contribution in [3.05, 3.63) is 66.1 Å². The fourth-order valence-electron chi connectivity index (χ4n) is 4.24. The number of aliphatic hydroxyl groups excluding tert-OH is 1. The zero-order valence-electron chi connectivity index (χ0n) is 15.2. The summed E-state index contributed by atoms with van der Waals surface area (Å²) in [4.78, 5) is 19.2. The van der Waals surface area contributed by atoms with E-state index >= 15 is 0 Å². The number of β-amino-alcohol motifs (C(OH)–C–C–N with tert-alkyl or cyclic N) is 1. The Morgan fingerprint density at radius 2 is 1.96 bits per heavy atom. The Morgan fingerprint density at radius 1 is 1.11 bits per heavy atom. The summed E-state index contributed by atoms with van der Waals surface area (Å²) in [6, 6.07) is 14.4. The van der Waals surface area contributed by atoms with Gasteiger partial charge >= 0.3 is 0 Å². The van der Waals surface area contributed by atoms with Gasteiger partial charge in [-0.1, -0.05) is 18.2 Å². The first-order valence-electron chi connectivity index (χ1n) is 9.67. The molecule has 138 valence electrons. The molecule has 2 atom stereocenters. The van der Waals surface area contributed by atoms with Crippen molar-refractivity contribution in [2.75, 3.05) is 13.1 Å². The summed E-state index contributed by atoms with van der Waals surface area (Å²) in [6.45, 7) is 0.995. The number of carbonyl (C=O) groups is 1. The van der Waals surface area contributed by atoms with E-state index in [1.54, 1.807) is 0 Å². The monoisotopic (exact) mass is 361 g/mol. The molecule has 1 amide bonds. The maximum absolute atomic E-state index is 13.0. The van der Waals surface area contributed by atoms with Gasteiger partial charge in [-0.2, -0.15) is 0 Å². The van der Waals surface area contributed by atoms with E-state index < -0.39 is 6.10 Å². The molecule has 2 aliphatic rings. The summed E-state index contributed by atoms with van der Waals surface area (Å²) in [7, 11) is 0. The Hall–Kier alpha value is -2.66. The molecule has 0 spiro atoms. The quantitative estimate of drug-likeness (QED) is 0.777. The molecule has 0 unspecified atom stereocenters. The van der Waals surface area contributed by atoms with Crippen LogP contribution in [0.1, 0.15) is 34.9 Å². The van der Waals surface area contributed by atoms with E-state index in [2.05, 4.69) is 15.6 Å². The molecule has 5 rings (SSSR count). The topological polar surface area (TPSA) is 58.4 Å². The lowest BCUT2D eigenvalue weighted by Gasteiger charge is -2.18. The summed E-state index contributed by atoms with van der Waals surface area (Å²) in [5.41, 5.74) is 2.90. The molecular weight excluding hydrogens is 338 g/mol. The molecule has 1 aliphatic heterocycles. The molecule has 1 saturated heterocycles. The molecule has 27 heavy (non-hydrogen) atoms. The molecule has 2 fully saturated rings. The number of likely N-dealkylation sites (tertiary alicyclic amines) is 1. The van der Waals surface area contributed by atoms with Crippen molar-refractivity contribution in [2.24, 2.45) is 5.92 Å². The molecular formula is C22H23N3O2. The number of aromatic nitrogens is 2. The first kappa shape index (κ1) is 16.5. The summed E-state index contributed by atoms with van der Waals surface area (Å²) < 4.78 is 2.10. The average Bonchev–Trinajstić information content (AvgIpc) is 3.30. The molecule has 1 aromatic carbocycles. The predicted octanol–water partition coefficient (Wildman–Crippen LogP) is 3.05. The highest BCUT2D eigenvalue weighted by Crippen LogP contribution is 2.36. The summed E-state index contributed by atoms with van der Waals surface area (Å²) in [5, 5.41) is 11.7. The van der Waals surface area contributed by atoms with E-state index in [4.69, 9.17) is 0 Å². The van der Waals surface area contributed by atoms with E-state index in [0.29, 0.717) is 19.1 Å². The van der Waals surface area contributed by atoms with Gasteiger partial charge in [0.25, 0.3) is 5.91 Å². The second kappa shape index (κ2) is 6.50. The average molecular weight is 361 g/mol. The first-order valence-corrected chi connectivity index (χ1v) is 9.67. The van der Waals surface area contributed by atoms with Crippen LogP contribution in [-0.4, -0.2) is 44.7 Å². The maximum atomic E-state index is 13.0. The van der Waals surface area contributed by atoms with Gasteiger partial charge in [0.15, 0.2) is 0 Å². The van der Waals surface area contributed by atoms with Crippen LogP contribution in [0.4, 0.5) is 0 Å². The largest absolute Gasteiger partial charge is 0.391 e. The molecule has 1 aliphatic carbocycles. The van der Waals surface area contributed by atoms with Gasteiger partial charge < -0.3 is 14.6 Å². The Labute approximate surface area is 158 Å². The third-order valence-corrected chi connectivity index (χ3v) is 5.85. The lowest BCUT2D eigenvalue weighted by Crippen LogP contribution is -2.31. The Balaban J connectivity index is 1.35. The van der Waals surface area contributed by atoms with Gasteiger partial charge in [-0.05, 0) is 49.1 Å². The number of amides is 1. The molecule has 1 saturated carbocycles. The van der Waals surface area contributed by atoms with Crippen LogP contribution < -0.4 is 0 Å². The van der Waals surface area contributed by atoms with Crippen LogP contribution in [0.15, 0.2) is 54.9 Å². The normalized spacial score (nSPS) is 22.5.